The van der Waals surface area contributed by atoms with Gasteiger partial charge in [0.2, 0.25) is 5.91 Å². The van der Waals surface area contributed by atoms with E-state index >= 15 is 0 Å². The first-order valence-corrected chi connectivity index (χ1v) is 7.86. The third kappa shape index (κ3) is 4.18. The van der Waals surface area contributed by atoms with E-state index in [9.17, 15) is 4.79 Å². The van der Waals surface area contributed by atoms with Crippen molar-refractivity contribution in [2.45, 2.75) is 37.8 Å². The molecule has 0 bridgehead atoms. The Bertz CT molecular complexity index is 466. The fraction of sp³-hybridized carbons (Fsp3) is 0.625. The second-order valence-electron chi connectivity index (χ2n) is 5.77. The highest BCUT2D eigenvalue weighted by molar-refractivity contribution is 5.85. The second-order valence-corrected chi connectivity index (χ2v) is 5.77. The largest absolute Gasteiger partial charge is 0.378 e. The third-order valence-corrected chi connectivity index (χ3v) is 4.34. The molecule has 2 aliphatic heterocycles. The van der Waals surface area contributed by atoms with E-state index in [1.807, 2.05) is 23.2 Å². The summed E-state index contributed by atoms with van der Waals surface area (Å²) in [4.78, 5) is 18.7. The SMILES string of the molecule is Cl.O=C(CCC1CCCO1)N1CCNCC1c1cccnc1. The average Bonchev–Trinajstić information content (AvgIpc) is 3.07. The molecule has 22 heavy (non-hydrogen) atoms. The lowest BCUT2D eigenvalue weighted by Crippen LogP contribution is -2.48. The quantitative estimate of drug-likeness (QED) is 0.919. The molecule has 1 aromatic heterocycles. The van der Waals surface area contributed by atoms with Gasteiger partial charge in [-0.05, 0) is 30.9 Å². The Balaban J connectivity index is 0.00000176. The monoisotopic (exact) mass is 325 g/mol. The smallest absolute Gasteiger partial charge is 0.223 e. The third-order valence-electron chi connectivity index (χ3n) is 4.34. The Morgan fingerprint density at radius 2 is 2.41 bits per heavy atom. The van der Waals surface area contributed by atoms with E-state index in [1.165, 1.54) is 0 Å². The number of carbonyl (C=O) groups is 1. The van der Waals surface area contributed by atoms with Crippen LogP contribution in [0.4, 0.5) is 0 Å². The minimum atomic E-state index is 0. The molecule has 122 valence electrons. The van der Waals surface area contributed by atoms with E-state index in [0.717, 1.165) is 51.1 Å². The molecule has 6 heteroatoms. The molecule has 0 aromatic carbocycles. The Hall–Kier alpha value is -1.17. The highest BCUT2D eigenvalue weighted by Gasteiger charge is 2.28. The molecule has 5 nitrogen and oxygen atoms in total. The number of carbonyl (C=O) groups excluding carboxylic acids is 1. The minimum Gasteiger partial charge on any atom is -0.378 e. The van der Waals surface area contributed by atoms with Crippen LogP contribution in [0.15, 0.2) is 24.5 Å². The molecule has 1 amide bonds. The second kappa shape index (κ2) is 8.46. The van der Waals surface area contributed by atoms with Gasteiger partial charge in [0.25, 0.3) is 0 Å². The van der Waals surface area contributed by atoms with Crippen molar-refractivity contribution in [3.05, 3.63) is 30.1 Å². The highest BCUT2D eigenvalue weighted by Crippen LogP contribution is 2.24. The van der Waals surface area contributed by atoms with E-state index < -0.39 is 0 Å². The van der Waals surface area contributed by atoms with Gasteiger partial charge < -0.3 is 15.0 Å². The van der Waals surface area contributed by atoms with Crippen molar-refractivity contribution in [1.82, 2.24) is 15.2 Å². The van der Waals surface area contributed by atoms with Crippen molar-refractivity contribution < 1.29 is 9.53 Å². The molecule has 1 aromatic rings. The van der Waals surface area contributed by atoms with Gasteiger partial charge in [-0.1, -0.05) is 6.07 Å². The standard InChI is InChI=1S/C16H23N3O2.ClH/c20-16(6-5-14-4-2-10-21-14)19-9-8-18-12-15(19)13-3-1-7-17-11-13;/h1,3,7,11,14-15,18H,2,4-6,8-10,12H2;1H. The number of rotatable bonds is 4. The normalized spacial score (nSPS) is 24.8. The summed E-state index contributed by atoms with van der Waals surface area (Å²) in [6, 6.07) is 4.08. The average molecular weight is 326 g/mol. The number of nitrogens with one attached hydrogen (secondary N) is 1. The van der Waals surface area contributed by atoms with Gasteiger partial charge in [-0.3, -0.25) is 9.78 Å². The Morgan fingerprint density at radius 1 is 1.50 bits per heavy atom. The summed E-state index contributed by atoms with van der Waals surface area (Å²) in [6.45, 7) is 3.29. The molecular formula is C16H24ClN3O2. The molecule has 0 saturated carbocycles. The molecule has 2 saturated heterocycles. The number of halogens is 1. The van der Waals surface area contributed by atoms with Crippen molar-refractivity contribution in [1.29, 1.82) is 0 Å². The Morgan fingerprint density at radius 3 is 3.14 bits per heavy atom. The summed E-state index contributed by atoms with van der Waals surface area (Å²) in [7, 11) is 0. The van der Waals surface area contributed by atoms with Crippen molar-refractivity contribution >= 4 is 18.3 Å². The lowest BCUT2D eigenvalue weighted by Gasteiger charge is -2.36. The van der Waals surface area contributed by atoms with Gasteiger partial charge in [-0.15, -0.1) is 12.4 Å². The minimum absolute atomic E-state index is 0. The summed E-state index contributed by atoms with van der Waals surface area (Å²) in [5, 5.41) is 3.37. The van der Waals surface area contributed by atoms with Gasteiger partial charge in [0.1, 0.15) is 0 Å². The fourth-order valence-corrected chi connectivity index (χ4v) is 3.17. The van der Waals surface area contributed by atoms with Crippen LogP contribution in [-0.4, -0.2) is 48.1 Å². The molecule has 2 aliphatic rings. The number of ether oxygens (including phenoxy) is 1. The number of aromatic nitrogens is 1. The molecule has 2 atom stereocenters. The highest BCUT2D eigenvalue weighted by atomic mass is 35.5. The van der Waals surface area contributed by atoms with Crippen LogP contribution in [0.25, 0.3) is 0 Å². The van der Waals surface area contributed by atoms with Crippen LogP contribution in [0.3, 0.4) is 0 Å². The molecule has 3 heterocycles. The van der Waals surface area contributed by atoms with E-state index in [0.29, 0.717) is 6.42 Å². The summed E-state index contributed by atoms with van der Waals surface area (Å²) in [5.41, 5.74) is 1.11. The maximum absolute atomic E-state index is 12.6. The molecular weight excluding hydrogens is 302 g/mol. The van der Waals surface area contributed by atoms with E-state index in [4.69, 9.17) is 4.74 Å². The predicted molar refractivity (Wildman–Crippen MR) is 87.0 cm³/mol. The van der Waals surface area contributed by atoms with Crippen LogP contribution in [0.2, 0.25) is 0 Å². The van der Waals surface area contributed by atoms with Crippen molar-refractivity contribution in [3.63, 3.8) is 0 Å². The van der Waals surface area contributed by atoms with E-state index in [1.54, 1.807) is 6.20 Å². The molecule has 0 spiro atoms. The lowest BCUT2D eigenvalue weighted by atomic mass is 10.0. The summed E-state index contributed by atoms with van der Waals surface area (Å²) < 4.78 is 5.61. The Labute approximate surface area is 137 Å². The van der Waals surface area contributed by atoms with Crippen LogP contribution in [0.1, 0.15) is 37.3 Å². The Kier molecular flexibility index (Phi) is 6.61. The maximum Gasteiger partial charge on any atom is 0.223 e. The first-order chi connectivity index (χ1) is 10.3. The molecule has 0 radical (unpaired) electrons. The van der Waals surface area contributed by atoms with Crippen molar-refractivity contribution in [2.75, 3.05) is 26.2 Å². The number of pyridine rings is 1. The van der Waals surface area contributed by atoms with Crippen LogP contribution in [-0.2, 0) is 9.53 Å². The predicted octanol–water partition coefficient (Wildman–Crippen LogP) is 1.94. The van der Waals surface area contributed by atoms with Crippen molar-refractivity contribution in [2.24, 2.45) is 0 Å². The van der Waals surface area contributed by atoms with E-state index in [-0.39, 0.29) is 30.5 Å². The van der Waals surface area contributed by atoms with Gasteiger partial charge in [0.05, 0.1) is 12.1 Å². The zero-order chi connectivity index (χ0) is 14.5. The van der Waals surface area contributed by atoms with E-state index in [2.05, 4.69) is 10.3 Å². The van der Waals surface area contributed by atoms with Gasteiger partial charge >= 0.3 is 0 Å². The van der Waals surface area contributed by atoms with Gasteiger partial charge in [-0.2, -0.15) is 0 Å². The maximum atomic E-state index is 12.6. The summed E-state index contributed by atoms with van der Waals surface area (Å²) >= 11 is 0. The van der Waals surface area contributed by atoms with Crippen LogP contribution in [0.5, 0.6) is 0 Å². The molecule has 0 aliphatic carbocycles. The molecule has 2 fully saturated rings. The number of nitrogens with zero attached hydrogens (tertiary/aromatic N) is 2. The van der Waals surface area contributed by atoms with Crippen LogP contribution < -0.4 is 5.32 Å². The summed E-state index contributed by atoms with van der Waals surface area (Å²) in [5.74, 6) is 0.237. The van der Waals surface area contributed by atoms with Gasteiger partial charge in [0.15, 0.2) is 0 Å². The van der Waals surface area contributed by atoms with Crippen LogP contribution >= 0.6 is 12.4 Å². The summed E-state index contributed by atoms with van der Waals surface area (Å²) in [6.07, 6.45) is 7.57. The van der Waals surface area contributed by atoms with Gasteiger partial charge in [-0.25, -0.2) is 0 Å². The molecule has 1 N–H and O–H groups in total. The zero-order valence-electron chi connectivity index (χ0n) is 12.7. The topological polar surface area (TPSA) is 54.5 Å². The number of hydrogen-bond acceptors (Lipinski definition) is 4. The molecule has 3 rings (SSSR count). The van der Waals surface area contributed by atoms with Gasteiger partial charge in [0, 0.05) is 45.1 Å². The number of piperazine rings is 1. The molecule has 2 unspecified atom stereocenters. The number of amides is 1. The zero-order valence-corrected chi connectivity index (χ0v) is 13.6. The van der Waals surface area contributed by atoms with Crippen molar-refractivity contribution in [3.8, 4) is 0 Å². The fourth-order valence-electron chi connectivity index (χ4n) is 3.17. The first-order valence-electron chi connectivity index (χ1n) is 7.86. The lowest BCUT2D eigenvalue weighted by molar-refractivity contribution is -0.135. The first kappa shape index (κ1) is 17.2. The number of hydrogen-bond donors (Lipinski definition) is 1. The van der Waals surface area contributed by atoms with Crippen LogP contribution in [0, 0.1) is 0 Å².